The lowest BCUT2D eigenvalue weighted by atomic mass is 10.2. The van der Waals surface area contributed by atoms with Crippen LogP contribution >= 0.6 is 15.9 Å². The highest BCUT2D eigenvalue weighted by molar-refractivity contribution is 9.10. The highest BCUT2D eigenvalue weighted by Crippen LogP contribution is 2.29. The van der Waals surface area contributed by atoms with E-state index in [1.54, 1.807) is 18.2 Å². The van der Waals surface area contributed by atoms with E-state index in [2.05, 4.69) is 30.6 Å². The topological polar surface area (TPSA) is 99.6 Å². The second-order valence-electron chi connectivity index (χ2n) is 5.88. The summed E-state index contributed by atoms with van der Waals surface area (Å²) in [6.45, 7) is 0.0662. The molecule has 1 heterocycles. The summed E-state index contributed by atoms with van der Waals surface area (Å²) in [5, 5.41) is 0. The van der Waals surface area contributed by atoms with Gasteiger partial charge in [-0.15, -0.1) is 0 Å². The molecule has 3 rings (SSSR count). The molecule has 8 nitrogen and oxygen atoms in total. The van der Waals surface area contributed by atoms with E-state index in [9.17, 15) is 12.8 Å². The maximum Gasteiger partial charge on any atom is 0.263 e. The molecule has 0 aliphatic rings. The summed E-state index contributed by atoms with van der Waals surface area (Å²) in [5.41, 5.74) is 0.738. The third kappa shape index (κ3) is 5.16. The number of anilines is 1. The molecule has 1 aromatic heterocycles. The Kier molecular flexibility index (Phi) is 6.73. The number of hydrogen-bond acceptors (Lipinski definition) is 7. The van der Waals surface area contributed by atoms with Gasteiger partial charge in [-0.3, -0.25) is 4.72 Å². The summed E-state index contributed by atoms with van der Waals surface area (Å²) in [5.74, 6) is 0.400. The first-order valence-electron chi connectivity index (χ1n) is 8.47. The maximum absolute atomic E-state index is 13.1. The zero-order valence-corrected chi connectivity index (χ0v) is 18.3. The molecular weight excluding hydrogens is 481 g/mol. The largest absolute Gasteiger partial charge is 0.493 e. The molecule has 1 N–H and O–H groups in total. The van der Waals surface area contributed by atoms with Gasteiger partial charge in [0.15, 0.2) is 11.5 Å². The standard InChI is InChI=1S/C19H17BrFN3O5S/c1-27-15-8-3-12(9-16(15)28-2)11-29-19-18(22-10-17(20)23-19)24-30(25,26)14-6-4-13(21)5-7-14/h3-10H,11H2,1-2H3,(H,22,24). The predicted octanol–water partition coefficient (Wildman–Crippen LogP) is 3.78. The third-order valence-electron chi connectivity index (χ3n) is 3.89. The fraction of sp³-hybridized carbons (Fsp3) is 0.158. The van der Waals surface area contributed by atoms with Gasteiger partial charge in [0.25, 0.3) is 15.9 Å². The zero-order valence-electron chi connectivity index (χ0n) is 15.9. The second kappa shape index (κ2) is 9.26. The fourth-order valence-corrected chi connectivity index (χ4v) is 3.71. The quantitative estimate of drug-likeness (QED) is 0.505. The number of hydrogen-bond donors (Lipinski definition) is 1. The summed E-state index contributed by atoms with van der Waals surface area (Å²) >= 11 is 3.19. The van der Waals surface area contributed by atoms with Crippen molar-refractivity contribution in [1.82, 2.24) is 9.97 Å². The van der Waals surface area contributed by atoms with Gasteiger partial charge in [-0.05, 0) is 57.9 Å². The van der Waals surface area contributed by atoms with Gasteiger partial charge in [0.2, 0.25) is 5.82 Å². The van der Waals surface area contributed by atoms with E-state index in [1.807, 2.05) is 0 Å². The van der Waals surface area contributed by atoms with E-state index >= 15 is 0 Å². The van der Waals surface area contributed by atoms with Crippen LogP contribution in [0.1, 0.15) is 5.56 Å². The third-order valence-corrected chi connectivity index (χ3v) is 5.63. The number of sulfonamides is 1. The molecule has 0 spiro atoms. The molecule has 0 aliphatic heterocycles. The highest BCUT2D eigenvalue weighted by atomic mass is 79.9. The van der Waals surface area contributed by atoms with Gasteiger partial charge in [0.1, 0.15) is 17.0 Å². The first kappa shape index (κ1) is 21.8. The lowest BCUT2D eigenvalue weighted by molar-refractivity contribution is 0.292. The molecule has 0 saturated heterocycles. The molecule has 0 unspecified atom stereocenters. The first-order valence-corrected chi connectivity index (χ1v) is 10.7. The van der Waals surface area contributed by atoms with E-state index in [0.29, 0.717) is 16.1 Å². The van der Waals surface area contributed by atoms with Crippen molar-refractivity contribution in [2.24, 2.45) is 0 Å². The van der Waals surface area contributed by atoms with Crippen LogP contribution in [0.3, 0.4) is 0 Å². The van der Waals surface area contributed by atoms with Crippen molar-refractivity contribution in [3.8, 4) is 17.4 Å². The van der Waals surface area contributed by atoms with Gasteiger partial charge >= 0.3 is 0 Å². The van der Waals surface area contributed by atoms with Crippen molar-refractivity contribution in [2.45, 2.75) is 11.5 Å². The molecule has 0 fully saturated rings. The highest BCUT2D eigenvalue weighted by Gasteiger charge is 2.19. The van der Waals surface area contributed by atoms with Gasteiger partial charge in [-0.25, -0.2) is 22.8 Å². The van der Waals surface area contributed by atoms with Crippen LogP contribution in [0.15, 0.2) is 58.2 Å². The van der Waals surface area contributed by atoms with Crippen LogP contribution in [0.5, 0.6) is 17.4 Å². The Morgan fingerprint density at radius 2 is 1.77 bits per heavy atom. The average Bonchev–Trinajstić information content (AvgIpc) is 2.73. The van der Waals surface area contributed by atoms with E-state index in [-0.39, 0.29) is 23.2 Å². The fourth-order valence-electron chi connectivity index (χ4n) is 2.44. The normalized spacial score (nSPS) is 11.1. The van der Waals surface area contributed by atoms with Crippen LogP contribution in [0.2, 0.25) is 0 Å². The number of aromatic nitrogens is 2. The lowest BCUT2D eigenvalue weighted by Crippen LogP contribution is -2.15. The Hall–Kier alpha value is -2.92. The SMILES string of the molecule is COc1ccc(COc2nc(Br)cnc2NS(=O)(=O)c2ccc(F)cc2)cc1OC. The Morgan fingerprint density at radius 3 is 2.43 bits per heavy atom. The summed E-state index contributed by atoms with van der Waals surface area (Å²) in [6, 6.07) is 9.62. The number of halogens is 2. The summed E-state index contributed by atoms with van der Waals surface area (Å²) in [4.78, 5) is 8.06. The smallest absolute Gasteiger partial charge is 0.263 e. The molecule has 0 atom stereocenters. The summed E-state index contributed by atoms with van der Waals surface area (Å²) in [7, 11) is -0.968. The number of methoxy groups -OCH3 is 2. The number of rotatable bonds is 8. The molecule has 2 aromatic carbocycles. The molecule has 0 saturated carbocycles. The van der Waals surface area contributed by atoms with Crippen LogP contribution in [-0.2, 0) is 16.6 Å². The predicted molar refractivity (Wildman–Crippen MR) is 111 cm³/mol. The minimum Gasteiger partial charge on any atom is -0.493 e. The molecule has 0 aliphatic carbocycles. The Labute approximate surface area is 181 Å². The van der Waals surface area contributed by atoms with Crippen LogP contribution in [0.4, 0.5) is 10.2 Å². The molecule has 3 aromatic rings. The molecular formula is C19H17BrFN3O5S. The molecule has 0 radical (unpaired) electrons. The van der Waals surface area contributed by atoms with Gasteiger partial charge in [0.05, 0.1) is 25.3 Å². The summed E-state index contributed by atoms with van der Waals surface area (Å²) in [6.07, 6.45) is 1.33. The Bertz CT molecular complexity index is 1140. The van der Waals surface area contributed by atoms with Crippen LogP contribution < -0.4 is 18.9 Å². The van der Waals surface area contributed by atoms with Gasteiger partial charge < -0.3 is 14.2 Å². The summed E-state index contributed by atoms with van der Waals surface area (Å²) < 4.78 is 57.1. The maximum atomic E-state index is 13.1. The van der Waals surface area contributed by atoms with Crippen molar-refractivity contribution in [1.29, 1.82) is 0 Å². The molecule has 158 valence electrons. The van der Waals surface area contributed by atoms with Crippen LogP contribution in [0.25, 0.3) is 0 Å². The van der Waals surface area contributed by atoms with Gasteiger partial charge in [-0.1, -0.05) is 6.07 Å². The van der Waals surface area contributed by atoms with E-state index < -0.39 is 15.8 Å². The minimum atomic E-state index is -4.02. The average molecular weight is 498 g/mol. The Balaban J connectivity index is 1.83. The zero-order chi connectivity index (χ0) is 21.7. The van der Waals surface area contributed by atoms with Crippen molar-refractivity contribution in [2.75, 3.05) is 18.9 Å². The van der Waals surface area contributed by atoms with E-state index in [4.69, 9.17) is 14.2 Å². The number of ether oxygens (including phenoxy) is 3. The molecule has 0 amide bonds. The first-order chi connectivity index (χ1) is 14.3. The van der Waals surface area contributed by atoms with Crippen molar-refractivity contribution < 1.29 is 27.0 Å². The van der Waals surface area contributed by atoms with Crippen LogP contribution in [-0.4, -0.2) is 32.6 Å². The monoisotopic (exact) mass is 497 g/mol. The lowest BCUT2D eigenvalue weighted by Gasteiger charge is -2.13. The number of nitrogens with one attached hydrogen (secondary N) is 1. The minimum absolute atomic E-state index is 0.0372. The van der Waals surface area contributed by atoms with Gasteiger partial charge in [-0.2, -0.15) is 0 Å². The molecule has 0 bridgehead atoms. The molecule has 30 heavy (non-hydrogen) atoms. The second-order valence-corrected chi connectivity index (χ2v) is 8.38. The van der Waals surface area contributed by atoms with Crippen LogP contribution in [0, 0.1) is 5.82 Å². The van der Waals surface area contributed by atoms with Crippen molar-refractivity contribution in [3.63, 3.8) is 0 Å². The van der Waals surface area contributed by atoms with E-state index in [0.717, 1.165) is 29.8 Å². The van der Waals surface area contributed by atoms with Crippen molar-refractivity contribution >= 4 is 31.8 Å². The number of benzene rings is 2. The number of nitrogens with zero attached hydrogens (tertiary/aromatic N) is 2. The van der Waals surface area contributed by atoms with Gasteiger partial charge in [0, 0.05) is 0 Å². The Morgan fingerprint density at radius 1 is 1.07 bits per heavy atom. The van der Waals surface area contributed by atoms with E-state index in [1.165, 1.54) is 20.4 Å². The molecule has 11 heteroatoms. The van der Waals surface area contributed by atoms with Crippen molar-refractivity contribution in [3.05, 3.63) is 64.6 Å².